The fourth-order valence-corrected chi connectivity index (χ4v) is 5.82. The highest BCUT2D eigenvalue weighted by Gasteiger charge is 2.28. The summed E-state index contributed by atoms with van der Waals surface area (Å²) in [5.41, 5.74) is 3.44. The number of benzene rings is 3. The lowest BCUT2D eigenvalue weighted by Crippen LogP contribution is -2.41. The number of hydrogen-bond acceptors (Lipinski definition) is 4. The van der Waals surface area contributed by atoms with E-state index in [1.165, 1.54) is 22.8 Å². The van der Waals surface area contributed by atoms with E-state index in [1.54, 1.807) is 42.5 Å². The van der Waals surface area contributed by atoms with E-state index in [9.17, 15) is 13.2 Å². The van der Waals surface area contributed by atoms with Crippen molar-refractivity contribution in [1.82, 2.24) is 5.32 Å². The Balaban J connectivity index is 1.52. The topological polar surface area (TPSA) is 69.7 Å². The number of carbonyl (C=O) groups excluding carboxylic acids is 1. The van der Waals surface area contributed by atoms with Gasteiger partial charge in [0.25, 0.3) is 10.0 Å². The van der Waals surface area contributed by atoms with Crippen LogP contribution in [0, 0.1) is 6.92 Å². The van der Waals surface area contributed by atoms with Crippen molar-refractivity contribution in [2.75, 3.05) is 28.8 Å². The number of carbonyl (C=O) groups is 1. The molecule has 34 heavy (non-hydrogen) atoms. The van der Waals surface area contributed by atoms with Gasteiger partial charge in [-0.15, -0.1) is 0 Å². The minimum atomic E-state index is -3.92. The Morgan fingerprint density at radius 3 is 2.21 bits per heavy atom. The van der Waals surface area contributed by atoms with E-state index in [-0.39, 0.29) is 23.4 Å². The minimum Gasteiger partial charge on any atom is -0.372 e. The van der Waals surface area contributed by atoms with Crippen LogP contribution in [0.5, 0.6) is 0 Å². The van der Waals surface area contributed by atoms with Crippen LogP contribution in [-0.4, -0.2) is 34.0 Å². The molecule has 4 rings (SSSR count). The van der Waals surface area contributed by atoms with Crippen LogP contribution in [-0.2, 0) is 14.8 Å². The summed E-state index contributed by atoms with van der Waals surface area (Å²) < 4.78 is 28.2. The number of aryl methyl sites for hydroxylation is 1. The fourth-order valence-electron chi connectivity index (χ4n) is 4.31. The van der Waals surface area contributed by atoms with E-state index < -0.39 is 10.0 Å². The average Bonchev–Trinajstić information content (AvgIpc) is 3.39. The fraction of sp³-hybridized carbons (Fsp3) is 0.296. The second kappa shape index (κ2) is 10.3. The van der Waals surface area contributed by atoms with Gasteiger partial charge in [0.15, 0.2) is 0 Å². The summed E-state index contributed by atoms with van der Waals surface area (Å²) >= 11 is 0. The summed E-state index contributed by atoms with van der Waals surface area (Å²) in [5.74, 6) is -0.362. The van der Waals surface area contributed by atoms with Gasteiger partial charge in [0.05, 0.1) is 16.6 Å². The number of rotatable bonds is 8. The summed E-state index contributed by atoms with van der Waals surface area (Å²) in [6.07, 6.45) is 2.44. The molecule has 1 amide bonds. The second-order valence-corrected chi connectivity index (χ2v) is 10.5. The highest BCUT2D eigenvalue weighted by Crippen LogP contribution is 2.27. The van der Waals surface area contributed by atoms with E-state index in [2.05, 4.69) is 22.3 Å². The molecule has 0 saturated carbocycles. The minimum absolute atomic E-state index is 0.150. The van der Waals surface area contributed by atoms with E-state index in [0.717, 1.165) is 24.2 Å². The van der Waals surface area contributed by atoms with Gasteiger partial charge >= 0.3 is 0 Å². The molecule has 1 atom stereocenters. The van der Waals surface area contributed by atoms with Crippen LogP contribution in [0.15, 0.2) is 83.8 Å². The lowest BCUT2D eigenvalue weighted by Gasteiger charge is -2.26. The number of anilines is 2. The van der Waals surface area contributed by atoms with E-state index in [4.69, 9.17) is 0 Å². The quantitative estimate of drug-likeness (QED) is 0.512. The third-order valence-corrected chi connectivity index (χ3v) is 8.02. The van der Waals surface area contributed by atoms with Crippen LogP contribution in [0.1, 0.15) is 36.9 Å². The van der Waals surface area contributed by atoms with Gasteiger partial charge in [-0.3, -0.25) is 9.10 Å². The standard InChI is InChI=1S/C27H31N3O3S/c1-21-10-6-7-13-26(21)30(34(32,33)25-11-4-3-5-12-25)20-27(31)28-22(2)23-14-16-24(17-15-23)29-18-8-9-19-29/h3-7,10-17,22H,8-9,18-20H2,1-2H3,(H,28,31). The zero-order valence-corrected chi connectivity index (χ0v) is 20.5. The highest BCUT2D eigenvalue weighted by molar-refractivity contribution is 7.92. The molecule has 1 unspecified atom stereocenters. The Morgan fingerprint density at radius 2 is 1.56 bits per heavy atom. The molecule has 0 radical (unpaired) electrons. The van der Waals surface area contributed by atoms with Crippen molar-refractivity contribution in [3.05, 3.63) is 90.0 Å². The van der Waals surface area contributed by atoms with Crippen molar-refractivity contribution in [2.45, 2.75) is 37.6 Å². The van der Waals surface area contributed by atoms with Gasteiger partial charge in [0, 0.05) is 18.8 Å². The molecule has 1 fully saturated rings. The van der Waals surface area contributed by atoms with Gasteiger partial charge in [0.1, 0.15) is 6.54 Å². The van der Waals surface area contributed by atoms with Crippen molar-refractivity contribution in [3.63, 3.8) is 0 Å². The molecule has 0 aromatic heterocycles. The molecular weight excluding hydrogens is 446 g/mol. The number of sulfonamides is 1. The van der Waals surface area contributed by atoms with Crippen molar-refractivity contribution in [3.8, 4) is 0 Å². The first-order valence-electron chi connectivity index (χ1n) is 11.6. The molecule has 7 heteroatoms. The molecule has 0 aliphatic carbocycles. The van der Waals surface area contributed by atoms with Gasteiger partial charge in [-0.2, -0.15) is 0 Å². The number of hydrogen-bond donors (Lipinski definition) is 1. The smallest absolute Gasteiger partial charge is 0.264 e. The van der Waals surface area contributed by atoms with Crippen LogP contribution in [0.25, 0.3) is 0 Å². The zero-order valence-electron chi connectivity index (χ0n) is 19.6. The zero-order chi connectivity index (χ0) is 24.1. The Labute approximate surface area is 202 Å². The predicted octanol–water partition coefficient (Wildman–Crippen LogP) is 4.67. The van der Waals surface area contributed by atoms with Crippen LogP contribution >= 0.6 is 0 Å². The Hall–Kier alpha value is -3.32. The Bertz CT molecular complexity index is 1220. The van der Waals surface area contributed by atoms with Gasteiger partial charge in [-0.25, -0.2) is 8.42 Å². The number of nitrogens with zero attached hydrogens (tertiary/aromatic N) is 2. The van der Waals surface area contributed by atoms with Crippen molar-refractivity contribution in [1.29, 1.82) is 0 Å². The molecule has 3 aromatic carbocycles. The average molecular weight is 478 g/mol. The Morgan fingerprint density at radius 1 is 0.941 bits per heavy atom. The molecule has 0 bridgehead atoms. The van der Waals surface area contributed by atoms with Gasteiger partial charge < -0.3 is 10.2 Å². The molecule has 1 aliphatic rings. The normalized spacial score (nSPS) is 14.6. The molecule has 1 heterocycles. The van der Waals surface area contributed by atoms with Crippen molar-refractivity contribution < 1.29 is 13.2 Å². The third kappa shape index (κ3) is 5.25. The first-order chi connectivity index (χ1) is 16.4. The first kappa shape index (κ1) is 23.8. The van der Waals surface area contributed by atoms with Gasteiger partial charge in [-0.05, 0) is 68.1 Å². The number of amides is 1. The van der Waals surface area contributed by atoms with Gasteiger partial charge in [-0.1, -0.05) is 48.5 Å². The summed E-state index contributed by atoms with van der Waals surface area (Å²) in [4.78, 5) is 15.6. The van der Waals surface area contributed by atoms with Crippen LogP contribution in [0.2, 0.25) is 0 Å². The predicted molar refractivity (Wildman–Crippen MR) is 137 cm³/mol. The maximum atomic E-state index is 13.5. The highest BCUT2D eigenvalue weighted by atomic mass is 32.2. The summed E-state index contributed by atoms with van der Waals surface area (Å²) in [6, 6.07) is 23.4. The molecule has 3 aromatic rings. The summed E-state index contributed by atoms with van der Waals surface area (Å²) in [7, 11) is -3.92. The monoisotopic (exact) mass is 477 g/mol. The lowest BCUT2D eigenvalue weighted by molar-refractivity contribution is -0.120. The van der Waals surface area contributed by atoms with E-state index in [0.29, 0.717) is 5.69 Å². The maximum Gasteiger partial charge on any atom is 0.264 e. The molecule has 1 aliphatic heterocycles. The molecule has 0 spiro atoms. The van der Waals surface area contributed by atoms with E-state index in [1.807, 2.05) is 38.1 Å². The van der Waals surface area contributed by atoms with Crippen molar-refractivity contribution >= 4 is 27.3 Å². The second-order valence-electron chi connectivity index (χ2n) is 8.69. The number of para-hydroxylation sites is 1. The molecular formula is C27H31N3O3S. The molecule has 1 saturated heterocycles. The number of nitrogens with one attached hydrogen (secondary N) is 1. The third-order valence-electron chi connectivity index (χ3n) is 6.24. The lowest BCUT2D eigenvalue weighted by atomic mass is 10.1. The Kier molecular flexibility index (Phi) is 7.22. The van der Waals surface area contributed by atoms with Crippen molar-refractivity contribution in [2.24, 2.45) is 0 Å². The first-order valence-corrected chi connectivity index (χ1v) is 13.1. The van der Waals surface area contributed by atoms with Crippen LogP contribution in [0.4, 0.5) is 11.4 Å². The SMILES string of the molecule is Cc1ccccc1N(CC(=O)NC(C)c1ccc(N2CCCC2)cc1)S(=O)(=O)c1ccccc1. The van der Waals surface area contributed by atoms with Gasteiger partial charge in [0.2, 0.25) is 5.91 Å². The summed E-state index contributed by atoms with van der Waals surface area (Å²) in [6.45, 7) is 5.60. The maximum absolute atomic E-state index is 13.5. The molecule has 6 nitrogen and oxygen atoms in total. The largest absolute Gasteiger partial charge is 0.372 e. The van der Waals surface area contributed by atoms with Crippen LogP contribution in [0.3, 0.4) is 0 Å². The van der Waals surface area contributed by atoms with Crippen LogP contribution < -0.4 is 14.5 Å². The summed E-state index contributed by atoms with van der Waals surface area (Å²) in [5, 5.41) is 2.97. The molecule has 178 valence electrons. The molecule has 1 N–H and O–H groups in total. The van der Waals surface area contributed by atoms with E-state index >= 15 is 0 Å².